The molecule has 16 heavy (non-hydrogen) atoms. The Balaban J connectivity index is 3.27. The third-order valence-electron chi connectivity index (χ3n) is 2.07. The van der Waals surface area contributed by atoms with E-state index < -0.39 is 24.1 Å². The summed E-state index contributed by atoms with van der Waals surface area (Å²) in [7, 11) is 0. The first-order valence-corrected chi connectivity index (χ1v) is 5.09. The molecule has 0 radical (unpaired) electrons. The van der Waals surface area contributed by atoms with E-state index in [1.807, 2.05) is 0 Å². The van der Waals surface area contributed by atoms with Crippen molar-refractivity contribution in [2.45, 2.75) is 19.5 Å². The van der Waals surface area contributed by atoms with E-state index in [1.165, 1.54) is 6.07 Å². The van der Waals surface area contributed by atoms with Crippen molar-refractivity contribution in [1.29, 1.82) is 0 Å². The lowest BCUT2D eigenvalue weighted by atomic mass is 10.0. The van der Waals surface area contributed by atoms with Gasteiger partial charge in [0.25, 0.3) is 0 Å². The van der Waals surface area contributed by atoms with E-state index >= 15 is 0 Å². The summed E-state index contributed by atoms with van der Waals surface area (Å²) in [6.07, 6.45) is -4.90. The molecule has 1 aromatic carbocycles. The van der Waals surface area contributed by atoms with Crippen LogP contribution in [0.4, 0.5) is 13.2 Å². The maximum atomic E-state index is 12.5. The van der Waals surface area contributed by atoms with Gasteiger partial charge in [-0.3, -0.25) is 4.79 Å². The summed E-state index contributed by atoms with van der Waals surface area (Å²) in [6.45, 7) is 1.57. The van der Waals surface area contributed by atoms with Gasteiger partial charge in [-0.15, -0.1) is 0 Å². The van der Waals surface area contributed by atoms with E-state index in [0.717, 1.165) is 6.07 Å². The summed E-state index contributed by atoms with van der Waals surface area (Å²) in [5.41, 5.74) is -0.167. The Bertz CT molecular complexity index is 427. The number of aryl methyl sites for hydroxylation is 1. The van der Waals surface area contributed by atoms with E-state index in [9.17, 15) is 18.0 Å². The molecule has 0 aliphatic rings. The fourth-order valence-corrected chi connectivity index (χ4v) is 1.97. The molecule has 0 aromatic heterocycles. The Morgan fingerprint density at radius 3 is 2.44 bits per heavy atom. The van der Waals surface area contributed by atoms with Gasteiger partial charge in [0.05, 0.1) is 12.0 Å². The van der Waals surface area contributed by atoms with Crippen LogP contribution in [0.1, 0.15) is 16.7 Å². The van der Waals surface area contributed by atoms with Crippen LogP contribution in [0.2, 0.25) is 0 Å². The zero-order chi connectivity index (χ0) is 12.5. The van der Waals surface area contributed by atoms with Crippen LogP contribution in [0.15, 0.2) is 16.6 Å². The summed E-state index contributed by atoms with van der Waals surface area (Å²) in [5.74, 6) is -1.15. The number of hydrogen-bond acceptors (Lipinski definition) is 1. The SMILES string of the molecule is Cc1cc(Br)c(C(F)(F)F)cc1CC(=O)O. The molecule has 0 aliphatic heterocycles. The predicted molar refractivity (Wildman–Crippen MR) is 55.2 cm³/mol. The number of carboxylic acid groups (broad SMARTS) is 1. The van der Waals surface area contributed by atoms with Gasteiger partial charge in [0, 0.05) is 4.47 Å². The number of hydrogen-bond donors (Lipinski definition) is 1. The standard InChI is InChI=1S/C10H8BrF3O2/c1-5-2-8(11)7(10(12,13)14)3-6(5)4-9(15)16/h2-3H,4H2,1H3,(H,15,16). The van der Waals surface area contributed by atoms with Crippen LogP contribution >= 0.6 is 15.9 Å². The number of alkyl halides is 3. The molecule has 6 heteroatoms. The monoisotopic (exact) mass is 296 g/mol. The highest BCUT2D eigenvalue weighted by atomic mass is 79.9. The van der Waals surface area contributed by atoms with E-state index in [0.29, 0.717) is 5.56 Å². The molecule has 2 nitrogen and oxygen atoms in total. The van der Waals surface area contributed by atoms with Crippen molar-refractivity contribution in [1.82, 2.24) is 0 Å². The summed E-state index contributed by atoms with van der Waals surface area (Å²) in [4.78, 5) is 10.5. The van der Waals surface area contributed by atoms with Crippen molar-refractivity contribution in [3.63, 3.8) is 0 Å². The van der Waals surface area contributed by atoms with E-state index in [4.69, 9.17) is 5.11 Å². The number of benzene rings is 1. The first-order valence-electron chi connectivity index (χ1n) is 4.30. The molecule has 0 atom stereocenters. The average Bonchev–Trinajstić information content (AvgIpc) is 2.06. The molecule has 0 aliphatic carbocycles. The number of halogens is 4. The molecular weight excluding hydrogens is 289 g/mol. The minimum Gasteiger partial charge on any atom is -0.481 e. The largest absolute Gasteiger partial charge is 0.481 e. The van der Waals surface area contributed by atoms with Crippen molar-refractivity contribution in [2.24, 2.45) is 0 Å². The highest BCUT2D eigenvalue weighted by molar-refractivity contribution is 9.10. The van der Waals surface area contributed by atoms with Crippen molar-refractivity contribution < 1.29 is 23.1 Å². The Hall–Kier alpha value is -1.04. The molecule has 1 rings (SSSR count). The number of carboxylic acids is 1. The van der Waals surface area contributed by atoms with Crippen molar-refractivity contribution in [3.8, 4) is 0 Å². The van der Waals surface area contributed by atoms with Crippen molar-refractivity contribution >= 4 is 21.9 Å². The van der Waals surface area contributed by atoms with Crippen molar-refractivity contribution in [2.75, 3.05) is 0 Å². The van der Waals surface area contributed by atoms with Gasteiger partial charge in [-0.1, -0.05) is 15.9 Å². The second-order valence-electron chi connectivity index (χ2n) is 3.33. The Labute approximate surface area is 98.2 Å². The second kappa shape index (κ2) is 4.45. The van der Waals surface area contributed by atoms with Gasteiger partial charge >= 0.3 is 12.1 Å². The normalized spacial score (nSPS) is 11.6. The average molecular weight is 297 g/mol. The molecule has 0 fully saturated rings. The summed E-state index contributed by atoms with van der Waals surface area (Å²) in [6, 6.07) is 2.15. The van der Waals surface area contributed by atoms with Gasteiger partial charge in [-0.2, -0.15) is 13.2 Å². The molecule has 0 bridgehead atoms. The Morgan fingerprint density at radius 1 is 1.44 bits per heavy atom. The number of carbonyl (C=O) groups is 1. The van der Waals surface area contributed by atoms with Crippen LogP contribution in [0.25, 0.3) is 0 Å². The topological polar surface area (TPSA) is 37.3 Å². The molecule has 0 saturated carbocycles. The van der Waals surface area contributed by atoms with Gasteiger partial charge in [0.2, 0.25) is 0 Å². The van der Waals surface area contributed by atoms with Gasteiger partial charge in [-0.25, -0.2) is 0 Å². The Morgan fingerprint density at radius 2 is 2.00 bits per heavy atom. The zero-order valence-electron chi connectivity index (χ0n) is 8.23. The van der Waals surface area contributed by atoms with E-state index in [-0.39, 0.29) is 10.0 Å². The van der Waals surface area contributed by atoms with E-state index in [2.05, 4.69) is 15.9 Å². The Kier molecular flexibility index (Phi) is 3.62. The summed E-state index contributed by atoms with van der Waals surface area (Å²) >= 11 is 2.82. The highest BCUT2D eigenvalue weighted by Gasteiger charge is 2.33. The summed E-state index contributed by atoms with van der Waals surface area (Å²) in [5, 5.41) is 8.56. The maximum absolute atomic E-state index is 12.5. The first kappa shape index (κ1) is 13.0. The lowest BCUT2D eigenvalue weighted by molar-refractivity contribution is -0.139. The fraction of sp³-hybridized carbons (Fsp3) is 0.300. The molecule has 0 spiro atoms. The smallest absolute Gasteiger partial charge is 0.417 e. The van der Waals surface area contributed by atoms with Gasteiger partial charge in [0.15, 0.2) is 0 Å². The number of aliphatic carboxylic acids is 1. The van der Waals surface area contributed by atoms with Crippen LogP contribution in [-0.4, -0.2) is 11.1 Å². The highest BCUT2D eigenvalue weighted by Crippen LogP contribution is 2.36. The molecule has 0 amide bonds. The zero-order valence-corrected chi connectivity index (χ0v) is 9.82. The minimum absolute atomic E-state index is 0.0772. The lowest BCUT2D eigenvalue weighted by Crippen LogP contribution is -2.09. The molecule has 0 heterocycles. The van der Waals surface area contributed by atoms with Crippen LogP contribution in [0.3, 0.4) is 0 Å². The third-order valence-corrected chi connectivity index (χ3v) is 2.73. The van der Waals surface area contributed by atoms with Gasteiger partial charge in [-0.05, 0) is 30.2 Å². The summed E-state index contributed by atoms with van der Waals surface area (Å²) < 4.78 is 37.5. The minimum atomic E-state index is -4.49. The molecule has 0 unspecified atom stereocenters. The molecule has 88 valence electrons. The molecular formula is C10H8BrF3O2. The van der Waals surface area contributed by atoms with Gasteiger partial charge < -0.3 is 5.11 Å². The first-order chi connectivity index (χ1) is 7.21. The van der Waals surface area contributed by atoms with Crippen LogP contribution < -0.4 is 0 Å². The predicted octanol–water partition coefficient (Wildman–Crippen LogP) is 3.40. The lowest BCUT2D eigenvalue weighted by Gasteiger charge is -2.12. The maximum Gasteiger partial charge on any atom is 0.417 e. The molecule has 1 aromatic rings. The van der Waals surface area contributed by atoms with Crippen LogP contribution in [0, 0.1) is 6.92 Å². The molecule has 1 N–H and O–H groups in total. The number of rotatable bonds is 2. The van der Waals surface area contributed by atoms with Crippen LogP contribution in [0.5, 0.6) is 0 Å². The quantitative estimate of drug-likeness (QED) is 0.908. The third kappa shape index (κ3) is 2.98. The van der Waals surface area contributed by atoms with Gasteiger partial charge in [0.1, 0.15) is 0 Å². The second-order valence-corrected chi connectivity index (χ2v) is 4.18. The molecule has 0 saturated heterocycles. The fourth-order valence-electron chi connectivity index (χ4n) is 1.29. The van der Waals surface area contributed by atoms with Crippen LogP contribution in [-0.2, 0) is 17.4 Å². The van der Waals surface area contributed by atoms with E-state index in [1.54, 1.807) is 6.92 Å². The van der Waals surface area contributed by atoms with Crippen molar-refractivity contribution in [3.05, 3.63) is 33.3 Å².